The SMILES string of the molecule is COC(=O)C(C)OC(=O)C12CC3CC(C1)CC(c1ccccc1)(C3)C2. The molecule has 134 valence electrons. The summed E-state index contributed by atoms with van der Waals surface area (Å²) in [4.78, 5) is 24.7. The van der Waals surface area contributed by atoms with Crippen LogP contribution in [-0.4, -0.2) is 25.2 Å². The molecule has 3 unspecified atom stereocenters. The molecular weight excluding hydrogens is 316 g/mol. The number of rotatable bonds is 4. The summed E-state index contributed by atoms with van der Waals surface area (Å²) in [7, 11) is 1.32. The predicted octanol–water partition coefficient (Wildman–Crippen LogP) is 3.63. The van der Waals surface area contributed by atoms with Gasteiger partial charge in [-0.15, -0.1) is 0 Å². The molecule has 0 radical (unpaired) electrons. The Morgan fingerprint density at radius 1 is 1.08 bits per heavy atom. The van der Waals surface area contributed by atoms with Gasteiger partial charge in [0.05, 0.1) is 12.5 Å². The topological polar surface area (TPSA) is 52.6 Å². The first kappa shape index (κ1) is 16.6. The number of hydrogen-bond acceptors (Lipinski definition) is 4. The average molecular weight is 342 g/mol. The van der Waals surface area contributed by atoms with Crippen LogP contribution >= 0.6 is 0 Å². The Hall–Kier alpha value is -1.84. The first-order valence-electron chi connectivity index (χ1n) is 9.31. The van der Waals surface area contributed by atoms with Crippen LogP contribution in [0.3, 0.4) is 0 Å². The predicted molar refractivity (Wildman–Crippen MR) is 92.8 cm³/mol. The standard InChI is InChI=1S/C21H26O4/c1-14(18(22)24-2)25-19(23)21-11-15-8-16(12-21)10-20(9-15,13-21)17-6-4-3-5-7-17/h3-7,14-16H,8-13H2,1-2H3. The zero-order valence-electron chi connectivity index (χ0n) is 15.0. The van der Waals surface area contributed by atoms with E-state index in [0.717, 1.165) is 19.3 Å². The molecule has 0 saturated heterocycles. The lowest BCUT2D eigenvalue weighted by Gasteiger charge is -2.61. The Bertz CT molecular complexity index is 666. The molecule has 4 aliphatic rings. The van der Waals surface area contributed by atoms with Gasteiger partial charge in [0.1, 0.15) is 0 Å². The first-order valence-corrected chi connectivity index (χ1v) is 9.31. The monoisotopic (exact) mass is 342 g/mol. The normalized spacial score (nSPS) is 36.7. The van der Waals surface area contributed by atoms with Gasteiger partial charge in [0.15, 0.2) is 6.10 Å². The van der Waals surface area contributed by atoms with Crippen LogP contribution in [0.1, 0.15) is 51.0 Å². The van der Waals surface area contributed by atoms with Crippen LogP contribution in [0.25, 0.3) is 0 Å². The lowest BCUT2D eigenvalue weighted by Crippen LogP contribution is -2.57. The van der Waals surface area contributed by atoms with Crippen molar-refractivity contribution in [1.29, 1.82) is 0 Å². The van der Waals surface area contributed by atoms with E-state index < -0.39 is 17.5 Å². The van der Waals surface area contributed by atoms with Crippen LogP contribution < -0.4 is 0 Å². The van der Waals surface area contributed by atoms with Crippen LogP contribution in [-0.2, 0) is 24.5 Å². The van der Waals surface area contributed by atoms with E-state index in [0.29, 0.717) is 11.8 Å². The molecule has 5 rings (SSSR count). The van der Waals surface area contributed by atoms with Crippen LogP contribution in [0.15, 0.2) is 30.3 Å². The van der Waals surface area contributed by atoms with Crippen molar-refractivity contribution >= 4 is 11.9 Å². The van der Waals surface area contributed by atoms with Gasteiger partial charge in [-0.1, -0.05) is 30.3 Å². The smallest absolute Gasteiger partial charge is 0.346 e. The molecule has 0 aromatic heterocycles. The molecule has 4 fully saturated rings. The summed E-state index contributed by atoms with van der Waals surface area (Å²) in [6.45, 7) is 1.59. The van der Waals surface area contributed by atoms with E-state index in [2.05, 4.69) is 24.3 Å². The third kappa shape index (κ3) is 2.66. The highest BCUT2D eigenvalue weighted by Gasteiger charge is 2.61. The van der Waals surface area contributed by atoms with Gasteiger partial charge >= 0.3 is 11.9 Å². The second-order valence-electron chi connectivity index (χ2n) is 8.46. The van der Waals surface area contributed by atoms with Gasteiger partial charge in [0.25, 0.3) is 0 Å². The largest absolute Gasteiger partial charge is 0.466 e. The van der Waals surface area contributed by atoms with Gasteiger partial charge in [-0.05, 0) is 68.3 Å². The fourth-order valence-corrected chi connectivity index (χ4v) is 6.13. The van der Waals surface area contributed by atoms with Crippen LogP contribution in [0.5, 0.6) is 0 Å². The highest BCUT2D eigenvalue weighted by Crippen LogP contribution is 2.66. The minimum absolute atomic E-state index is 0.0961. The zero-order chi connectivity index (χ0) is 17.7. The molecule has 4 heteroatoms. The van der Waals surface area contributed by atoms with E-state index in [-0.39, 0.29) is 11.4 Å². The third-order valence-corrected chi connectivity index (χ3v) is 6.70. The van der Waals surface area contributed by atoms with Crippen LogP contribution in [0, 0.1) is 17.3 Å². The van der Waals surface area contributed by atoms with Gasteiger partial charge < -0.3 is 9.47 Å². The maximum atomic E-state index is 13.1. The van der Waals surface area contributed by atoms with Crippen LogP contribution in [0.2, 0.25) is 0 Å². The molecule has 0 heterocycles. The van der Waals surface area contributed by atoms with Gasteiger partial charge in [0, 0.05) is 0 Å². The summed E-state index contributed by atoms with van der Waals surface area (Å²) in [5.41, 5.74) is 1.03. The minimum atomic E-state index is -0.835. The van der Waals surface area contributed by atoms with Gasteiger partial charge in [-0.3, -0.25) is 4.79 Å². The number of carbonyl (C=O) groups excluding carboxylic acids is 2. The average Bonchev–Trinajstić information content (AvgIpc) is 2.60. The van der Waals surface area contributed by atoms with Crippen molar-refractivity contribution in [1.82, 2.24) is 0 Å². The summed E-state index contributed by atoms with van der Waals surface area (Å²) in [5, 5.41) is 0. The molecule has 4 aliphatic carbocycles. The molecule has 25 heavy (non-hydrogen) atoms. The summed E-state index contributed by atoms with van der Waals surface area (Å²) < 4.78 is 10.3. The van der Waals surface area contributed by atoms with E-state index in [1.807, 2.05) is 6.07 Å². The van der Waals surface area contributed by atoms with Crippen molar-refractivity contribution in [2.24, 2.45) is 17.3 Å². The Morgan fingerprint density at radius 2 is 1.72 bits per heavy atom. The quantitative estimate of drug-likeness (QED) is 0.784. The van der Waals surface area contributed by atoms with Crippen molar-refractivity contribution in [3.63, 3.8) is 0 Å². The van der Waals surface area contributed by atoms with E-state index in [1.165, 1.54) is 31.9 Å². The highest BCUT2D eigenvalue weighted by molar-refractivity contribution is 5.82. The second kappa shape index (κ2) is 5.86. The Balaban J connectivity index is 1.62. The molecular formula is C21H26O4. The lowest BCUT2D eigenvalue weighted by molar-refractivity contribution is -0.184. The van der Waals surface area contributed by atoms with Crippen molar-refractivity contribution in [2.45, 2.75) is 57.0 Å². The summed E-state index contributed by atoms with van der Waals surface area (Å²) in [6, 6.07) is 10.7. The molecule has 4 nitrogen and oxygen atoms in total. The molecule has 0 amide bonds. The number of esters is 2. The lowest BCUT2D eigenvalue weighted by atomic mass is 9.43. The highest BCUT2D eigenvalue weighted by atomic mass is 16.6. The summed E-state index contributed by atoms with van der Waals surface area (Å²) >= 11 is 0. The summed E-state index contributed by atoms with van der Waals surface area (Å²) in [6.07, 6.45) is 5.41. The maximum Gasteiger partial charge on any atom is 0.346 e. The van der Waals surface area contributed by atoms with Crippen molar-refractivity contribution < 1.29 is 19.1 Å². The molecule has 1 aromatic rings. The van der Waals surface area contributed by atoms with Crippen LogP contribution in [0.4, 0.5) is 0 Å². The van der Waals surface area contributed by atoms with Gasteiger partial charge in [0.2, 0.25) is 0 Å². The number of ether oxygens (including phenoxy) is 2. The van der Waals surface area contributed by atoms with E-state index >= 15 is 0 Å². The number of benzene rings is 1. The van der Waals surface area contributed by atoms with Crippen molar-refractivity contribution in [3.8, 4) is 0 Å². The van der Waals surface area contributed by atoms with E-state index in [1.54, 1.807) is 6.92 Å². The number of hydrogen-bond donors (Lipinski definition) is 0. The first-order chi connectivity index (χ1) is 12.0. The molecule has 0 spiro atoms. The van der Waals surface area contributed by atoms with Gasteiger partial charge in [-0.2, -0.15) is 0 Å². The number of carbonyl (C=O) groups is 2. The maximum absolute atomic E-state index is 13.1. The fourth-order valence-electron chi connectivity index (χ4n) is 6.13. The third-order valence-electron chi connectivity index (χ3n) is 6.70. The molecule has 0 aliphatic heterocycles. The Kier molecular flexibility index (Phi) is 3.89. The summed E-state index contributed by atoms with van der Waals surface area (Å²) in [5.74, 6) is 0.487. The fraction of sp³-hybridized carbons (Fsp3) is 0.619. The molecule has 1 aromatic carbocycles. The molecule has 4 saturated carbocycles. The van der Waals surface area contributed by atoms with E-state index in [9.17, 15) is 9.59 Å². The Morgan fingerprint density at radius 3 is 2.32 bits per heavy atom. The molecule has 3 atom stereocenters. The van der Waals surface area contributed by atoms with Crippen molar-refractivity contribution in [3.05, 3.63) is 35.9 Å². The Labute approximate surface area is 148 Å². The second-order valence-corrected chi connectivity index (χ2v) is 8.46. The minimum Gasteiger partial charge on any atom is -0.466 e. The molecule has 4 bridgehead atoms. The van der Waals surface area contributed by atoms with E-state index in [4.69, 9.17) is 9.47 Å². The zero-order valence-corrected chi connectivity index (χ0v) is 15.0. The number of methoxy groups -OCH3 is 1. The molecule has 0 N–H and O–H groups in total. The van der Waals surface area contributed by atoms with Gasteiger partial charge in [-0.25, -0.2) is 4.79 Å². The van der Waals surface area contributed by atoms with Crippen molar-refractivity contribution in [2.75, 3.05) is 7.11 Å².